The standard InChI is InChI=1S/C22H18BrN3OS/c1-14-6-9-17(10-7-14)25-21(20-12-15-4-2-3-5-19(15)28-20)26-22(27)18-11-8-16(23)13-24-18/h2-13,21,25H,1H3,(H,26,27). The van der Waals surface area contributed by atoms with E-state index in [4.69, 9.17) is 0 Å². The molecule has 2 aromatic carbocycles. The number of amides is 1. The van der Waals surface area contributed by atoms with Crippen LogP contribution in [0.3, 0.4) is 0 Å². The molecule has 1 atom stereocenters. The van der Waals surface area contributed by atoms with E-state index in [1.54, 1.807) is 23.6 Å². The fourth-order valence-electron chi connectivity index (χ4n) is 2.85. The molecule has 0 bridgehead atoms. The first-order valence-corrected chi connectivity index (χ1v) is 10.4. The number of nitrogens with one attached hydrogen (secondary N) is 2. The number of anilines is 1. The van der Waals surface area contributed by atoms with Crippen molar-refractivity contribution in [3.8, 4) is 0 Å². The molecule has 0 saturated heterocycles. The molecule has 4 nitrogen and oxygen atoms in total. The van der Waals surface area contributed by atoms with Crippen LogP contribution in [0.4, 0.5) is 5.69 Å². The summed E-state index contributed by atoms with van der Waals surface area (Å²) < 4.78 is 2.02. The van der Waals surface area contributed by atoms with E-state index in [2.05, 4.69) is 49.7 Å². The van der Waals surface area contributed by atoms with Crippen molar-refractivity contribution in [3.05, 3.63) is 93.5 Å². The van der Waals surface area contributed by atoms with Gasteiger partial charge in [-0.2, -0.15) is 0 Å². The van der Waals surface area contributed by atoms with Gasteiger partial charge in [0.15, 0.2) is 0 Å². The van der Waals surface area contributed by atoms with E-state index >= 15 is 0 Å². The first-order chi connectivity index (χ1) is 13.6. The molecule has 28 heavy (non-hydrogen) atoms. The quantitative estimate of drug-likeness (QED) is 0.371. The largest absolute Gasteiger partial charge is 0.361 e. The van der Waals surface area contributed by atoms with Gasteiger partial charge in [0, 0.05) is 25.9 Å². The Balaban J connectivity index is 1.64. The van der Waals surface area contributed by atoms with Gasteiger partial charge in [-0.1, -0.05) is 35.9 Å². The zero-order valence-electron chi connectivity index (χ0n) is 15.1. The predicted molar refractivity (Wildman–Crippen MR) is 119 cm³/mol. The minimum atomic E-state index is -0.363. The Bertz CT molecular complexity index is 1070. The van der Waals surface area contributed by atoms with Gasteiger partial charge in [0.1, 0.15) is 11.9 Å². The number of rotatable bonds is 5. The Kier molecular flexibility index (Phi) is 5.41. The van der Waals surface area contributed by atoms with E-state index in [-0.39, 0.29) is 12.1 Å². The lowest BCUT2D eigenvalue weighted by Gasteiger charge is -2.20. The monoisotopic (exact) mass is 451 g/mol. The molecular formula is C22H18BrN3OS. The maximum absolute atomic E-state index is 12.8. The zero-order chi connectivity index (χ0) is 19.5. The molecule has 4 rings (SSSR count). The number of aryl methyl sites for hydroxylation is 1. The van der Waals surface area contributed by atoms with Crippen LogP contribution in [0.2, 0.25) is 0 Å². The number of halogens is 1. The molecule has 0 spiro atoms. The minimum Gasteiger partial charge on any atom is -0.361 e. The smallest absolute Gasteiger partial charge is 0.271 e. The molecule has 4 aromatic rings. The molecule has 0 fully saturated rings. The van der Waals surface area contributed by atoms with E-state index in [1.807, 2.05) is 49.4 Å². The molecule has 2 heterocycles. The maximum atomic E-state index is 12.8. The van der Waals surface area contributed by atoms with Crippen LogP contribution < -0.4 is 10.6 Å². The Hall–Kier alpha value is -2.70. The highest BCUT2D eigenvalue weighted by Crippen LogP contribution is 2.31. The summed E-state index contributed by atoms with van der Waals surface area (Å²) in [6, 6.07) is 21.9. The van der Waals surface area contributed by atoms with E-state index in [1.165, 1.54) is 10.3 Å². The summed E-state index contributed by atoms with van der Waals surface area (Å²) in [7, 11) is 0. The summed E-state index contributed by atoms with van der Waals surface area (Å²) in [5, 5.41) is 7.67. The molecule has 140 valence electrons. The topological polar surface area (TPSA) is 54.0 Å². The Labute approximate surface area is 175 Å². The summed E-state index contributed by atoms with van der Waals surface area (Å²) in [5.74, 6) is -0.227. The molecule has 0 radical (unpaired) electrons. The molecule has 6 heteroatoms. The summed E-state index contributed by atoms with van der Waals surface area (Å²) in [6.07, 6.45) is 1.26. The number of thiophene rings is 1. The second-order valence-corrected chi connectivity index (χ2v) is 8.50. The van der Waals surface area contributed by atoms with Gasteiger partial charge in [0.2, 0.25) is 0 Å². The van der Waals surface area contributed by atoms with E-state index in [0.717, 1.165) is 20.4 Å². The average Bonchev–Trinajstić information content (AvgIpc) is 3.14. The summed E-state index contributed by atoms with van der Waals surface area (Å²) in [6.45, 7) is 2.05. The number of pyridine rings is 1. The van der Waals surface area contributed by atoms with Crippen LogP contribution in [0.25, 0.3) is 10.1 Å². The van der Waals surface area contributed by atoms with Crippen LogP contribution in [0.5, 0.6) is 0 Å². The first-order valence-electron chi connectivity index (χ1n) is 8.82. The van der Waals surface area contributed by atoms with Gasteiger partial charge in [-0.05, 0) is 64.6 Å². The van der Waals surface area contributed by atoms with Crippen LogP contribution >= 0.6 is 27.3 Å². The highest BCUT2D eigenvalue weighted by atomic mass is 79.9. The third-order valence-electron chi connectivity index (χ3n) is 4.33. The summed E-state index contributed by atoms with van der Waals surface area (Å²) in [5.41, 5.74) is 2.50. The minimum absolute atomic E-state index is 0.227. The first kappa shape index (κ1) is 18.7. The molecule has 0 aliphatic heterocycles. The second-order valence-electron chi connectivity index (χ2n) is 6.47. The van der Waals surface area contributed by atoms with Crippen molar-refractivity contribution in [2.45, 2.75) is 13.1 Å². The van der Waals surface area contributed by atoms with Crippen molar-refractivity contribution < 1.29 is 4.79 Å². The predicted octanol–water partition coefficient (Wildman–Crippen LogP) is 5.91. The number of fused-ring (bicyclic) bond motifs is 1. The lowest BCUT2D eigenvalue weighted by Crippen LogP contribution is -2.33. The van der Waals surface area contributed by atoms with Gasteiger partial charge in [0.05, 0.1) is 0 Å². The SMILES string of the molecule is Cc1ccc(NC(NC(=O)c2ccc(Br)cn2)c2cc3ccccc3s2)cc1. The van der Waals surface area contributed by atoms with Crippen molar-refractivity contribution in [2.24, 2.45) is 0 Å². The number of hydrogen-bond donors (Lipinski definition) is 2. The van der Waals surface area contributed by atoms with Gasteiger partial charge in [-0.3, -0.25) is 4.79 Å². The molecule has 0 aliphatic carbocycles. The number of carbonyl (C=O) groups is 1. The van der Waals surface area contributed by atoms with Crippen LogP contribution in [-0.4, -0.2) is 10.9 Å². The van der Waals surface area contributed by atoms with Crippen molar-refractivity contribution in [2.75, 3.05) is 5.32 Å². The molecular weight excluding hydrogens is 434 g/mol. The maximum Gasteiger partial charge on any atom is 0.271 e. The zero-order valence-corrected chi connectivity index (χ0v) is 17.5. The highest BCUT2D eigenvalue weighted by molar-refractivity contribution is 9.10. The average molecular weight is 452 g/mol. The lowest BCUT2D eigenvalue weighted by molar-refractivity contribution is 0.0937. The summed E-state index contributed by atoms with van der Waals surface area (Å²) in [4.78, 5) is 18.0. The van der Waals surface area contributed by atoms with E-state index in [0.29, 0.717) is 5.69 Å². The second kappa shape index (κ2) is 8.12. The van der Waals surface area contributed by atoms with Crippen LogP contribution in [0.1, 0.15) is 27.1 Å². The molecule has 0 aliphatic rings. The molecule has 0 saturated carbocycles. The van der Waals surface area contributed by atoms with Crippen LogP contribution in [-0.2, 0) is 0 Å². The van der Waals surface area contributed by atoms with Gasteiger partial charge < -0.3 is 10.6 Å². The fraction of sp³-hybridized carbons (Fsp3) is 0.0909. The summed E-state index contributed by atoms with van der Waals surface area (Å²) >= 11 is 5.01. The van der Waals surface area contributed by atoms with Crippen LogP contribution in [0.15, 0.2) is 77.4 Å². The molecule has 2 N–H and O–H groups in total. The van der Waals surface area contributed by atoms with Gasteiger partial charge in [-0.25, -0.2) is 4.98 Å². The molecule has 1 unspecified atom stereocenters. The van der Waals surface area contributed by atoms with Gasteiger partial charge in [0.25, 0.3) is 5.91 Å². The van der Waals surface area contributed by atoms with Crippen molar-refractivity contribution in [3.63, 3.8) is 0 Å². The third kappa shape index (κ3) is 4.24. The fourth-order valence-corrected chi connectivity index (χ4v) is 4.16. The van der Waals surface area contributed by atoms with Crippen molar-refractivity contribution in [1.29, 1.82) is 0 Å². The third-order valence-corrected chi connectivity index (χ3v) is 5.98. The number of carbonyl (C=O) groups excluding carboxylic acids is 1. The number of hydrogen-bond acceptors (Lipinski definition) is 4. The number of benzene rings is 2. The van der Waals surface area contributed by atoms with E-state index < -0.39 is 0 Å². The lowest BCUT2D eigenvalue weighted by atomic mass is 10.2. The Morgan fingerprint density at radius 1 is 1.07 bits per heavy atom. The van der Waals surface area contributed by atoms with Gasteiger partial charge >= 0.3 is 0 Å². The molecule has 1 amide bonds. The normalized spacial score (nSPS) is 11.9. The van der Waals surface area contributed by atoms with Crippen molar-refractivity contribution in [1.82, 2.24) is 10.3 Å². The van der Waals surface area contributed by atoms with Gasteiger partial charge in [-0.15, -0.1) is 11.3 Å². The van der Waals surface area contributed by atoms with Crippen LogP contribution in [0, 0.1) is 6.92 Å². The molecule has 2 aromatic heterocycles. The highest BCUT2D eigenvalue weighted by Gasteiger charge is 2.19. The Morgan fingerprint density at radius 2 is 1.86 bits per heavy atom. The Morgan fingerprint density at radius 3 is 2.57 bits per heavy atom. The van der Waals surface area contributed by atoms with E-state index in [9.17, 15) is 4.79 Å². The number of aromatic nitrogens is 1. The van der Waals surface area contributed by atoms with Crippen molar-refractivity contribution >= 4 is 48.9 Å². The number of nitrogens with zero attached hydrogens (tertiary/aromatic N) is 1.